The number of nitrogens with zero attached hydrogens (tertiary/aromatic N) is 3. The van der Waals surface area contributed by atoms with E-state index in [-0.39, 0.29) is 25.4 Å². The van der Waals surface area contributed by atoms with Crippen LogP contribution in [0.5, 0.6) is 0 Å². The predicted octanol–water partition coefficient (Wildman–Crippen LogP) is 4.66. The molecule has 0 unspecified atom stereocenters. The average Bonchev–Trinajstić information content (AvgIpc) is 3.14. The van der Waals surface area contributed by atoms with Gasteiger partial charge < -0.3 is 14.6 Å². The number of halogens is 2. The molecule has 174 valence electrons. The van der Waals surface area contributed by atoms with Crippen LogP contribution in [0, 0.1) is 11.6 Å². The van der Waals surface area contributed by atoms with Crippen LogP contribution in [0.15, 0.2) is 67.0 Å². The molecule has 6 nitrogen and oxygen atoms in total. The van der Waals surface area contributed by atoms with Gasteiger partial charge in [0.2, 0.25) is 5.91 Å². The Labute approximate surface area is 195 Å². The molecular formula is C26H23F2N3O3. The van der Waals surface area contributed by atoms with E-state index in [0.717, 1.165) is 0 Å². The number of fused-ring (bicyclic) bond motifs is 1. The molecular weight excluding hydrogens is 440 g/mol. The zero-order chi connectivity index (χ0) is 24.2. The summed E-state index contributed by atoms with van der Waals surface area (Å²) in [4.78, 5) is 30.1. The number of likely N-dealkylation sites (N-methyl/N-ethyl adjacent to an activating group) is 1. The van der Waals surface area contributed by atoms with E-state index < -0.39 is 17.6 Å². The number of hydrogen-bond donors (Lipinski definition) is 1. The van der Waals surface area contributed by atoms with Gasteiger partial charge in [-0.15, -0.1) is 0 Å². The van der Waals surface area contributed by atoms with Gasteiger partial charge in [-0.25, -0.2) is 8.78 Å². The fraction of sp³-hybridized carbons (Fsp3) is 0.192. The highest BCUT2D eigenvalue weighted by Crippen LogP contribution is 2.34. The summed E-state index contributed by atoms with van der Waals surface area (Å²) >= 11 is 0. The van der Waals surface area contributed by atoms with E-state index in [1.165, 1.54) is 34.9 Å². The fourth-order valence-corrected chi connectivity index (χ4v) is 4.07. The Morgan fingerprint density at radius 3 is 2.50 bits per heavy atom. The van der Waals surface area contributed by atoms with E-state index in [9.17, 15) is 23.5 Å². The second-order valence-corrected chi connectivity index (χ2v) is 7.93. The first kappa shape index (κ1) is 23.1. The van der Waals surface area contributed by atoms with Crippen molar-refractivity contribution in [2.45, 2.75) is 26.4 Å². The van der Waals surface area contributed by atoms with E-state index in [1.54, 1.807) is 35.5 Å². The summed E-state index contributed by atoms with van der Waals surface area (Å²) < 4.78 is 29.9. The lowest BCUT2D eigenvalue weighted by Crippen LogP contribution is -2.32. The van der Waals surface area contributed by atoms with Gasteiger partial charge in [0, 0.05) is 47.6 Å². The summed E-state index contributed by atoms with van der Waals surface area (Å²) in [6.07, 6.45) is 3.36. The maximum Gasteiger partial charge on any atom is 0.323 e. The second-order valence-electron chi connectivity index (χ2n) is 7.93. The van der Waals surface area contributed by atoms with Crippen molar-refractivity contribution in [1.82, 2.24) is 14.5 Å². The summed E-state index contributed by atoms with van der Waals surface area (Å²) in [7, 11) is 0. The molecule has 0 radical (unpaired) electrons. The number of amides is 1. The Bertz CT molecular complexity index is 1350. The molecule has 2 aromatic heterocycles. The van der Waals surface area contributed by atoms with Crippen molar-refractivity contribution in [1.29, 1.82) is 0 Å². The van der Waals surface area contributed by atoms with Gasteiger partial charge in [-0.05, 0) is 60.5 Å². The monoisotopic (exact) mass is 463 g/mol. The van der Waals surface area contributed by atoms with Gasteiger partial charge >= 0.3 is 5.97 Å². The lowest BCUT2D eigenvalue weighted by molar-refractivity contribution is -0.137. The Kier molecular flexibility index (Phi) is 6.67. The Hall–Kier alpha value is -4.07. The average molecular weight is 463 g/mol. The first-order valence-electron chi connectivity index (χ1n) is 10.8. The number of carboxylic acid groups (broad SMARTS) is 1. The number of rotatable bonds is 8. The van der Waals surface area contributed by atoms with Gasteiger partial charge in [-0.1, -0.05) is 12.1 Å². The molecule has 2 aromatic carbocycles. The minimum absolute atomic E-state index is 0.114. The van der Waals surface area contributed by atoms with Gasteiger partial charge in [-0.2, -0.15) is 0 Å². The molecule has 1 amide bonds. The molecule has 1 N–H and O–H groups in total. The number of carbonyl (C=O) groups excluding carboxylic acids is 1. The normalized spacial score (nSPS) is 11.0. The van der Waals surface area contributed by atoms with Crippen LogP contribution in [0.4, 0.5) is 8.78 Å². The summed E-state index contributed by atoms with van der Waals surface area (Å²) in [5.41, 5.74) is 2.89. The molecule has 0 saturated heterocycles. The van der Waals surface area contributed by atoms with Crippen molar-refractivity contribution < 1.29 is 23.5 Å². The SMILES string of the molecule is CCN(Cc1cc(F)ccc1-c1cn(CC(=O)O)c2ccc(F)cc12)C(=O)Cc1ccccn1. The van der Waals surface area contributed by atoms with Crippen LogP contribution in [0.3, 0.4) is 0 Å². The molecule has 2 heterocycles. The zero-order valence-corrected chi connectivity index (χ0v) is 18.5. The molecule has 34 heavy (non-hydrogen) atoms. The Morgan fingerprint density at radius 1 is 1.03 bits per heavy atom. The molecule has 0 aliphatic carbocycles. The predicted molar refractivity (Wildman–Crippen MR) is 124 cm³/mol. The first-order chi connectivity index (χ1) is 16.4. The Balaban J connectivity index is 1.74. The third-order valence-corrected chi connectivity index (χ3v) is 5.66. The highest BCUT2D eigenvalue weighted by atomic mass is 19.1. The molecule has 8 heteroatoms. The molecule has 0 fully saturated rings. The van der Waals surface area contributed by atoms with Crippen LogP contribution in [0.1, 0.15) is 18.2 Å². The quantitative estimate of drug-likeness (QED) is 0.413. The largest absolute Gasteiger partial charge is 0.480 e. The fourth-order valence-electron chi connectivity index (χ4n) is 4.07. The topological polar surface area (TPSA) is 75.4 Å². The van der Waals surface area contributed by atoms with E-state index in [0.29, 0.717) is 39.8 Å². The number of hydrogen-bond acceptors (Lipinski definition) is 3. The van der Waals surface area contributed by atoms with Gasteiger partial charge in [0.1, 0.15) is 18.2 Å². The summed E-state index contributed by atoms with van der Waals surface area (Å²) in [6, 6.07) is 13.7. The highest BCUT2D eigenvalue weighted by molar-refractivity contribution is 5.97. The van der Waals surface area contributed by atoms with E-state index in [2.05, 4.69) is 4.98 Å². The van der Waals surface area contributed by atoms with Crippen molar-refractivity contribution >= 4 is 22.8 Å². The van der Waals surface area contributed by atoms with E-state index in [1.807, 2.05) is 13.0 Å². The van der Waals surface area contributed by atoms with Gasteiger partial charge in [-0.3, -0.25) is 14.6 Å². The summed E-state index contributed by atoms with van der Waals surface area (Å²) in [5, 5.41) is 9.80. The van der Waals surface area contributed by atoms with Crippen LogP contribution in [0.2, 0.25) is 0 Å². The highest BCUT2D eigenvalue weighted by Gasteiger charge is 2.19. The van der Waals surface area contributed by atoms with E-state index in [4.69, 9.17) is 0 Å². The lowest BCUT2D eigenvalue weighted by Gasteiger charge is -2.22. The minimum Gasteiger partial charge on any atom is -0.480 e. The smallest absolute Gasteiger partial charge is 0.323 e. The molecule has 0 atom stereocenters. The second kappa shape index (κ2) is 9.82. The van der Waals surface area contributed by atoms with Crippen molar-refractivity contribution in [3.8, 4) is 11.1 Å². The van der Waals surface area contributed by atoms with Crippen molar-refractivity contribution in [3.05, 3.63) is 89.9 Å². The van der Waals surface area contributed by atoms with Crippen LogP contribution in [0.25, 0.3) is 22.0 Å². The molecule has 0 spiro atoms. The molecule has 0 bridgehead atoms. The van der Waals surface area contributed by atoms with Crippen molar-refractivity contribution in [2.24, 2.45) is 0 Å². The molecule has 4 rings (SSSR count). The maximum atomic E-state index is 14.3. The van der Waals surface area contributed by atoms with Crippen molar-refractivity contribution in [2.75, 3.05) is 6.54 Å². The lowest BCUT2D eigenvalue weighted by atomic mass is 9.98. The minimum atomic E-state index is -1.04. The van der Waals surface area contributed by atoms with E-state index >= 15 is 0 Å². The standard InChI is InChI=1S/C26H23F2N3O3/c1-2-30(25(32)13-20-5-3-4-10-29-20)14-17-11-18(27)6-8-21(17)23-15-31(16-26(33)34)24-9-7-19(28)12-22(23)24/h3-12,15H,2,13-14,16H2,1H3,(H,33,34). The van der Waals surface area contributed by atoms with Crippen LogP contribution in [-0.4, -0.2) is 38.0 Å². The molecule has 4 aromatic rings. The first-order valence-corrected chi connectivity index (χ1v) is 10.8. The van der Waals surface area contributed by atoms with Gasteiger partial charge in [0.25, 0.3) is 0 Å². The van der Waals surface area contributed by atoms with Crippen LogP contribution in [-0.2, 0) is 29.1 Å². The Morgan fingerprint density at radius 2 is 1.79 bits per heavy atom. The number of aliphatic carboxylic acids is 1. The zero-order valence-electron chi connectivity index (χ0n) is 18.5. The molecule has 0 aliphatic rings. The van der Waals surface area contributed by atoms with Crippen molar-refractivity contribution in [3.63, 3.8) is 0 Å². The summed E-state index contributed by atoms with van der Waals surface area (Å²) in [6.45, 7) is 2.07. The third kappa shape index (κ3) is 4.96. The van der Waals surface area contributed by atoms with Crippen LogP contribution >= 0.6 is 0 Å². The van der Waals surface area contributed by atoms with Crippen LogP contribution < -0.4 is 0 Å². The number of pyridine rings is 1. The van der Waals surface area contributed by atoms with Gasteiger partial charge in [0.05, 0.1) is 6.42 Å². The number of carboxylic acids is 1. The number of carbonyl (C=O) groups is 2. The maximum absolute atomic E-state index is 14.3. The molecule has 0 saturated carbocycles. The number of aromatic nitrogens is 2. The third-order valence-electron chi connectivity index (χ3n) is 5.66. The van der Waals surface area contributed by atoms with Gasteiger partial charge in [0.15, 0.2) is 0 Å². The number of benzene rings is 2. The summed E-state index contributed by atoms with van der Waals surface area (Å²) in [5.74, 6) is -2.13. The molecule has 0 aliphatic heterocycles.